The summed E-state index contributed by atoms with van der Waals surface area (Å²) in [6.07, 6.45) is 1.84. The Bertz CT molecular complexity index is 466. The van der Waals surface area contributed by atoms with Crippen LogP contribution in [0.1, 0.15) is 26.3 Å². The molecule has 0 fully saturated rings. The molecule has 74 valence electrons. The van der Waals surface area contributed by atoms with E-state index >= 15 is 0 Å². The smallest absolute Gasteiger partial charge is 0.0654 e. The van der Waals surface area contributed by atoms with Gasteiger partial charge in [0.05, 0.1) is 11.7 Å². The summed E-state index contributed by atoms with van der Waals surface area (Å²) in [7, 11) is 0. The number of nitrogens with one attached hydrogen (secondary N) is 1. The normalized spacial score (nSPS) is 12.3. The van der Waals surface area contributed by atoms with Crippen LogP contribution in [0.25, 0.3) is 10.9 Å². The Morgan fingerprint density at radius 2 is 2.00 bits per heavy atom. The number of halogens is 1. The second-order valence-electron chi connectivity index (χ2n) is 4.50. The van der Waals surface area contributed by atoms with E-state index in [1.54, 1.807) is 0 Å². The van der Waals surface area contributed by atoms with Crippen molar-refractivity contribution in [3.05, 3.63) is 28.9 Å². The van der Waals surface area contributed by atoms with E-state index in [0.717, 1.165) is 21.5 Å². The SMILES string of the molecule is CC(C)(C)c1c(Cl)ccc2[nH]ncc12. The fourth-order valence-corrected chi connectivity index (χ4v) is 2.20. The predicted octanol–water partition coefficient (Wildman–Crippen LogP) is 3.51. The first-order valence-corrected chi connectivity index (χ1v) is 5.00. The molecular formula is C11H13ClN2. The molecule has 0 spiro atoms. The fourth-order valence-electron chi connectivity index (χ4n) is 1.75. The minimum Gasteiger partial charge on any atom is -0.278 e. The van der Waals surface area contributed by atoms with Crippen molar-refractivity contribution in [2.45, 2.75) is 26.2 Å². The number of aromatic amines is 1. The van der Waals surface area contributed by atoms with Gasteiger partial charge in [-0.05, 0) is 23.1 Å². The van der Waals surface area contributed by atoms with E-state index in [1.807, 2.05) is 18.3 Å². The van der Waals surface area contributed by atoms with Gasteiger partial charge in [-0.1, -0.05) is 32.4 Å². The zero-order valence-electron chi connectivity index (χ0n) is 8.56. The largest absolute Gasteiger partial charge is 0.278 e. The number of H-pyrrole nitrogens is 1. The van der Waals surface area contributed by atoms with Crippen molar-refractivity contribution in [1.29, 1.82) is 0 Å². The van der Waals surface area contributed by atoms with Crippen LogP contribution in [0.2, 0.25) is 5.02 Å². The molecule has 1 aromatic heterocycles. The van der Waals surface area contributed by atoms with Gasteiger partial charge in [0.25, 0.3) is 0 Å². The van der Waals surface area contributed by atoms with Crippen LogP contribution in [0.15, 0.2) is 18.3 Å². The average molecular weight is 209 g/mol. The summed E-state index contributed by atoms with van der Waals surface area (Å²) < 4.78 is 0. The van der Waals surface area contributed by atoms with Crippen molar-refractivity contribution in [3.63, 3.8) is 0 Å². The van der Waals surface area contributed by atoms with Gasteiger partial charge in [0.15, 0.2) is 0 Å². The quantitative estimate of drug-likeness (QED) is 0.705. The lowest BCUT2D eigenvalue weighted by Gasteiger charge is -2.21. The molecule has 0 saturated heterocycles. The van der Waals surface area contributed by atoms with Gasteiger partial charge in [0.1, 0.15) is 0 Å². The van der Waals surface area contributed by atoms with Gasteiger partial charge in [0.2, 0.25) is 0 Å². The number of fused-ring (bicyclic) bond motifs is 1. The highest BCUT2D eigenvalue weighted by Gasteiger charge is 2.20. The lowest BCUT2D eigenvalue weighted by atomic mass is 9.85. The zero-order valence-corrected chi connectivity index (χ0v) is 9.31. The van der Waals surface area contributed by atoms with Crippen LogP contribution in [0.3, 0.4) is 0 Å². The standard InChI is InChI=1S/C11H13ClN2/c1-11(2,3)10-7-6-13-14-9(7)5-4-8(10)12/h4-6H,1-3H3,(H,13,14). The molecule has 0 amide bonds. The monoisotopic (exact) mass is 208 g/mol. The summed E-state index contributed by atoms with van der Waals surface area (Å²) in [5.74, 6) is 0. The first-order valence-electron chi connectivity index (χ1n) is 4.62. The number of benzene rings is 1. The molecule has 0 atom stereocenters. The maximum Gasteiger partial charge on any atom is 0.0654 e. The molecule has 0 radical (unpaired) electrons. The fraction of sp³-hybridized carbons (Fsp3) is 0.364. The molecule has 2 nitrogen and oxygen atoms in total. The second-order valence-corrected chi connectivity index (χ2v) is 4.91. The third-order valence-corrected chi connectivity index (χ3v) is 2.64. The van der Waals surface area contributed by atoms with Gasteiger partial charge in [0, 0.05) is 10.4 Å². The van der Waals surface area contributed by atoms with E-state index < -0.39 is 0 Å². The minimum atomic E-state index is 0.0421. The van der Waals surface area contributed by atoms with E-state index in [1.165, 1.54) is 0 Å². The number of aromatic nitrogens is 2. The van der Waals surface area contributed by atoms with E-state index in [-0.39, 0.29) is 5.41 Å². The van der Waals surface area contributed by atoms with Crippen LogP contribution in [0, 0.1) is 0 Å². The minimum absolute atomic E-state index is 0.0421. The first kappa shape index (κ1) is 9.53. The van der Waals surface area contributed by atoms with Crippen LogP contribution < -0.4 is 0 Å². The average Bonchev–Trinajstić information content (AvgIpc) is 2.48. The van der Waals surface area contributed by atoms with E-state index in [4.69, 9.17) is 11.6 Å². The Morgan fingerprint density at radius 3 is 2.64 bits per heavy atom. The molecule has 3 heteroatoms. The van der Waals surface area contributed by atoms with Gasteiger partial charge in [-0.25, -0.2) is 0 Å². The molecule has 0 aliphatic rings. The summed E-state index contributed by atoms with van der Waals surface area (Å²) >= 11 is 6.20. The number of hydrogen-bond acceptors (Lipinski definition) is 1. The van der Waals surface area contributed by atoms with Gasteiger partial charge < -0.3 is 0 Å². The molecule has 2 rings (SSSR count). The summed E-state index contributed by atoms with van der Waals surface area (Å²) in [5.41, 5.74) is 2.24. The maximum atomic E-state index is 6.20. The molecule has 0 unspecified atom stereocenters. The lowest BCUT2D eigenvalue weighted by molar-refractivity contribution is 0.596. The van der Waals surface area contributed by atoms with Crippen molar-refractivity contribution >= 4 is 22.5 Å². The summed E-state index contributed by atoms with van der Waals surface area (Å²) in [6.45, 7) is 6.46. The molecule has 0 bridgehead atoms. The van der Waals surface area contributed by atoms with Gasteiger partial charge in [-0.3, -0.25) is 5.10 Å². The number of nitrogens with zero attached hydrogens (tertiary/aromatic N) is 1. The lowest BCUT2D eigenvalue weighted by Crippen LogP contribution is -2.12. The third-order valence-electron chi connectivity index (χ3n) is 2.32. The molecule has 1 N–H and O–H groups in total. The summed E-state index contributed by atoms with van der Waals surface area (Å²) in [6, 6.07) is 3.88. The van der Waals surface area contributed by atoms with Gasteiger partial charge >= 0.3 is 0 Å². The molecule has 0 aliphatic carbocycles. The second kappa shape index (κ2) is 2.99. The van der Waals surface area contributed by atoms with E-state index in [9.17, 15) is 0 Å². The van der Waals surface area contributed by atoms with Crippen LogP contribution in [-0.2, 0) is 5.41 Å². The Labute approximate surface area is 88.3 Å². The zero-order chi connectivity index (χ0) is 10.3. The molecule has 0 saturated carbocycles. The van der Waals surface area contributed by atoms with E-state index in [0.29, 0.717) is 0 Å². The highest BCUT2D eigenvalue weighted by atomic mass is 35.5. The molecule has 1 aromatic carbocycles. The van der Waals surface area contributed by atoms with Crippen molar-refractivity contribution < 1.29 is 0 Å². The van der Waals surface area contributed by atoms with Crippen LogP contribution in [-0.4, -0.2) is 10.2 Å². The highest BCUT2D eigenvalue weighted by molar-refractivity contribution is 6.32. The first-order chi connectivity index (χ1) is 6.50. The molecule has 2 aromatic rings. The maximum absolute atomic E-state index is 6.20. The molecule has 1 heterocycles. The van der Waals surface area contributed by atoms with Crippen LogP contribution in [0.5, 0.6) is 0 Å². The molecule has 0 aliphatic heterocycles. The summed E-state index contributed by atoms with van der Waals surface area (Å²) in [5, 5.41) is 8.91. The van der Waals surface area contributed by atoms with Gasteiger partial charge in [-0.15, -0.1) is 0 Å². The van der Waals surface area contributed by atoms with Crippen molar-refractivity contribution in [2.24, 2.45) is 0 Å². The highest BCUT2D eigenvalue weighted by Crippen LogP contribution is 2.34. The number of hydrogen-bond donors (Lipinski definition) is 1. The topological polar surface area (TPSA) is 28.7 Å². The van der Waals surface area contributed by atoms with Crippen molar-refractivity contribution in [1.82, 2.24) is 10.2 Å². The van der Waals surface area contributed by atoms with Crippen LogP contribution in [0.4, 0.5) is 0 Å². The Morgan fingerprint density at radius 1 is 1.29 bits per heavy atom. The van der Waals surface area contributed by atoms with Crippen molar-refractivity contribution in [2.75, 3.05) is 0 Å². The molecule has 14 heavy (non-hydrogen) atoms. The predicted molar refractivity (Wildman–Crippen MR) is 59.8 cm³/mol. The third kappa shape index (κ3) is 1.40. The Hall–Kier alpha value is -1.02. The molecular weight excluding hydrogens is 196 g/mol. The Kier molecular flexibility index (Phi) is 2.04. The summed E-state index contributed by atoms with van der Waals surface area (Å²) in [4.78, 5) is 0. The van der Waals surface area contributed by atoms with Gasteiger partial charge in [-0.2, -0.15) is 5.10 Å². The van der Waals surface area contributed by atoms with Crippen LogP contribution >= 0.6 is 11.6 Å². The van der Waals surface area contributed by atoms with E-state index in [2.05, 4.69) is 31.0 Å². The van der Waals surface area contributed by atoms with Crippen molar-refractivity contribution in [3.8, 4) is 0 Å². The Balaban J connectivity index is 2.83. The number of rotatable bonds is 0.